The SMILES string of the molecule is Clc1ccc(N2CCN(c3ncnc4n[nH]c(Br)c34)CC2)cc1Cl. The molecule has 9 heteroatoms. The molecule has 0 spiro atoms. The first-order valence-corrected chi connectivity index (χ1v) is 8.98. The molecule has 1 aliphatic heterocycles. The summed E-state index contributed by atoms with van der Waals surface area (Å²) in [5, 5.41) is 9.14. The zero-order valence-electron chi connectivity index (χ0n) is 12.5. The van der Waals surface area contributed by atoms with Crippen LogP contribution in [0.5, 0.6) is 0 Å². The normalized spacial score (nSPS) is 15.3. The Morgan fingerprint density at radius 3 is 2.50 bits per heavy atom. The molecule has 2 aromatic heterocycles. The highest BCUT2D eigenvalue weighted by Crippen LogP contribution is 2.31. The molecule has 24 heavy (non-hydrogen) atoms. The Bertz CT molecular complexity index is 891. The van der Waals surface area contributed by atoms with E-state index < -0.39 is 0 Å². The van der Waals surface area contributed by atoms with Crippen LogP contribution >= 0.6 is 39.1 Å². The largest absolute Gasteiger partial charge is 0.368 e. The van der Waals surface area contributed by atoms with Gasteiger partial charge in [0.2, 0.25) is 0 Å². The monoisotopic (exact) mass is 426 g/mol. The van der Waals surface area contributed by atoms with Gasteiger partial charge in [0.1, 0.15) is 16.7 Å². The summed E-state index contributed by atoms with van der Waals surface area (Å²) < 4.78 is 0.806. The number of anilines is 2. The van der Waals surface area contributed by atoms with Gasteiger partial charge in [0, 0.05) is 31.9 Å². The Hall–Kier alpha value is -1.57. The second kappa shape index (κ2) is 6.38. The van der Waals surface area contributed by atoms with Crippen molar-refractivity contribution in [3.8, 4) is 0 Å². The van der Waals surface area contributed by atoms with Crippen LogP contribution in [0.4, 0.5) is 11.5 Å². The maximum Gasteiger partial charge on any atom is 0.187 e. The molecule has 6 nitrogen and oxygen atoms in total. The second-order valence-electron chi connectivity index (χ2n) is 5.51. The number of rotatable bonds is 2. The van der Waals surface area contributed by atoms with Gasteiger partial charge in [-0.05, 0) is 34.1 Å². The predicted octanol–water partition coefficient (Wildman–Crippen LogP) is 3.75. The van der Waals surface area contributed by atoms with E-state index in [-0.39, 0.29) is 0 Å². The fourth-order valence-electron chi connectivity index (χ4n) is 2.90. The molecule has 3 heterocycles. The molecule has 1 aromatic carbocycles. The van der Waals surface area contributed by atoms with Crippen LogP contribution in [0.1, 0.15) is 0 Å². The Morgan fingerprint density at radius 2 is 1.75 bits per heavy atom. The van der Waals surface area contributed by atoms with E-state index in [1.165, 1.54) is 0 Å². The third-order valence-electron chi connectivity index (χ3n) is 4.13. The number of aromatic amines is 1. The van der Waals surface area contributed by atoms with Gasteiger partial charge in [0.15, 0.2) is 5.65 Å². The van der Waals surface area contributed by atoms with Crippen molar-refractivity contribution >= 4 is 61.7 Å². The van der Waals surface area contributed by atoms with Crippen LogP contribution in [0, 0.1) is 0 Å². The second-order valence-corrected chi connectivity index (χ2v) is 7.11. The van der Waals surface area contributed by atoms with E-state index in [0.717, 1.165) is 47.7 Å². The van der Waals surface area contributed by atoms with Gasteiger partial charge >= 0.3 is 0 Å². The lowest BCUT2D eigenvalue weighted by atomic mass is 10.2. The molecule has 124 valence electrons. The van der Waals surface area contributed by atoms with Gasteiger partial charge in [-0.25, -0.2) is 9.97 Å². The van der Waals surface area contributed by atoms with Crippen LogP contribution in [0.2, 0.25) is 10.0 Å². The summed E-state index contributed by atoms with van der Waals surface area (Å²) >= 11 is 15.6. The Balaban J connectivity index is 1.55. The van der Waals surface area contributed by atoms with Crippen LogP contribution in [0.3, 0.4) is 0 Å². The first kappa shape index (κ1) is 15.9. The molecular formula is C15H13BrCl2N6. The Morgan fingerprint density at radius 1 is 1.00 bits per heavy atom. The van der Waals surface area contributed by atoms with Gasteiger partial charge in [0.05, 0.1) is 15.4 Å². The van der Waals surface area contributed by atoms with Crippen LogP contribution in [-0.2, 0) is 0 Å². The average molecular weight is 428 g/mol. The number of hydrogen-bond acceptors (Lipinski definition) is 5. The van der Waals surface area contributed by atoms with E-state index in [9.17, 15) is 0 Å². The highest BCUT2D eigenvalue weighted by Gasteiger charge is 2.22. The van der Waals surface area contributed by atoms with Crippen LogP contribution < -0.4 is 9.80 Å². The lowest BCUT2D eigenvalue weighted by Crippen LogP contribution is -2.46. The molecule has 0 atom stereocenters. The van der Waals surface area contributed by atoms with E-state index in [4.69, 9.17) is 23.2 Å². The lowest BCUT2D eigenvalue weighted by molar-refractivity contribution is 0.649. The number of piperazine rings is 1. The van der Waals surface area contributed by atoms with E-state index in [2.05, 4.69) is 45.9 Å². The Labute approximate surface area is 156 Å². The third-order valence-corrected chi connectivity index (χ3v) is 5.45. The fraction of sp³-hybridized carbons (Fsp3) is 0.267. The van der Waals surface area contributed by atoms with Crippen molar-refractivity contribution in [2.75, 3.05) is 36.0 Å². The first-order chi connectivity index (χ1) is 11.6. The molecule has 0 saturated carbocycles. The summed E-state index contributed by atoms with van der Waals surface area (Å²) in [7, 11) is 0. The number of aromatic nitrogens is 4. The molecule has 1 fully saturated rings. The topological polar surface area (TPSA) is 60.9 Å². The van der Waals surface area contributed by atoms with Crippen molar-refractivity contribution in [2.45, 2.75) is 0 Å². The molecule has 1 saturated heterocycles. The number of H-pyrrole nitrogens is 1. The molecule has 3 aromatic rings. The van der Waals surface area contributed by atoms with Crippen molar-refractivity contribution < 1.29 is 0 Å². The molecule has 1 N–H and O–H groups in total. The summed E-state index contributed by atoms with van der Waals surface area (Å²) in [6.07, 6.45) is 1.55. The maximum atomic E-state index is 6.13. The van der Waals surface area contributed by atoms with Gasteiger partial charge in [-0.1, -0.05) is 23.2 Å². The van der Waals surface area contributed by atoms with Gasteiger partial charge in [-0.15, -0.1) is 0 Å². The molecule has 4 rings (SSSR count). The number of halogens is 3. The Kier molecular flexibility index (Phi) is 4.24. The molecule has 1 aliphatic rings. The summed E-state index contributed by atoms with van der Waals surface area (Å²) in [5.74, 6) is 0.898. The number of hydrogen-bond donors (Lipinski definition) is 1. The lowest BCUT2D eigenvalue weighted by Gasteiger charge is -2.37. The van der Waals surface area contributed by atoms with Crippen molar-refractivity contribution in [3.63, 3.8) is 0 Å². The predicted molar refractivity (Wildman–Crippen MR) is 100 cm³/mol. The molecule has 0 aliphatic carbocycles. The van der Waals surface area contributed by atoms with E-state index >= 15 is 0 Å². The van der Waals surface area contributed by atoms with Gasteiger partial charge in [-0.2, -0.15) is 5.10 Å². The molecule has 0 bridgehead atoms. The van der Waals surface area contributed by atoms with Crippen molar-refractivity contribution in [1.29, 1.82) is 0 Å². The van der Waals surface area contributed by atoms with Gasteiger partial charge in [0.25, 0.3) is 0 Å². The van der Waals surface area contributed by atoms with Crippen molar-refractivity contribution in [1.82, 2.24) is 20.2 Å². The minimum Gasteiger partial charge on any atom is -0.368 e. The quantitative estimate of drug-likeness (QED) is 0.674. The molecule has 0 amide bonds. The van der Waals surface area contributed by atoms with Gasteiger partial charge in [-0.3, -0.25) is 5.10 Å². The highest BCUT2D eigenvalue weighted by atomic mass is 79.9. The number of fused-ring (bicyclic) bond motifs is 1. The number of nitrogens with one attached hydrogen (secondary N) is 1. The van der Waals surface area contributed by atoms with E-state index in [1.54, 1.807) is 6.33 Å². The average Bonchev–Trinajstić information content (AvgIpc) is 2.99. The summed E-state index contributed by atoms with van der Waals surface area (Å²) in [4.78, 5) is 13.2. The minimum absolute atomic E-state index is 0.576. The minimum atomic E-state index is 0.576. The molecule has 0 unspecified atom stereocenters. The number of benzene rings is 1. The van der Waals surface area contributed by atoms with Crippen molar-refractivity contribution in [2.24, 2.45) is 0 Å². The zero-order chi connectivity index (χ0) is 16.7. The fourth-order valence-corrected chi connectivity index (χ4v) is 3.64. The highest BCUT2D eigenvalue weighted by molar-refractivity contribution is 9.10. The summed E-state index contributed by atoms with van der Waals surface area (Å²) in [5.41, 5.74) is 1.75. The van der Waals surface area contributed by atoms with E-state index in [0.29, 0.717) is 15.7 Å². The van der Waals surface area contributed by atoms with Gasteiger partial charge < -0.3 is 9.80 Å². The first-order valence-electron chi connectivity index (χ1n) is 7.43. The number of nitrogens with zero attached hydrogens (tertiary/aromatic N) is 5. The summed E-state index contributed by atoms with van der Waals surface area (Å²) in [6, 6.07) is 5.75. The third kappa shape index (κ3) is 2.81. The van der Waals surface area contributed by atoms with Crippen molar-refractivity contribution in [3.05, 3.63) is 39.2 Å². The molecular weight excluding hydrogens is 415 g/mol. The van der Waals surface area contributed by atoms with Crippen LogP contribution in [-0.4, -0.2) is 46.3 Å². The maximum absolute atomic E-state index is 6.13. The smallest absolute Gasteiger partial charge is 0.187 e. The van der Waals surface area contributed by atoms with Crippen LogP contribution in [0.15, 0.2) is 29.1 Å². The molecule has 0 radical (unpaired) electrons. The van der Waals surface area contributed by atoms with E-state index in [1.807, 2.05) is 18.2 Å². The zero-order valence-corrected chi connectivity index (χ0v) is 15.6. The standard InChI is InChI=1S/C15H13BrCl2N6/c16-13-12-14(22-21-13)19-8-20-15(12)24-5-3-23(4-6-24)9-1-2-10(17)11(18)7-9/h1-2,7-8H,3-6H2,(H,19,20,21,22). The summed E-state index contributed by atoms with van der Waals surface area (Å²) in [6.45, 7) is 3.45. The van der Waals surface area contributed by atoms with Crippen LogP contribution in [0.25, 0.3) is 11.0 Å².